The number of hydrogen-bond acceptors (Lipinski definition) is 5. The molecule has 3 rings (SSSR count). The monoisotopic (exact) mass is 456 g/mol. The lowest BCUT2D eigenvalue weighted by Crippen LogP contribution is -2.45. The van der Waals surface area contributed by atoms with Crippen molar-refractivity contribution in [1.29, 1.82) is 0 Å². The number of carbonyl (C=O) groups is 3. The van der Waals surface area contributed by atoms with Gasteiger partial charge in [-0.15, -0.1) is 0 Å². The van der Waals surface area contributed by atoms with Crippen molar-refractivity contribution < 1.29 is 24.2 Å². The first kappa shape index (κ1) is 25.0. The Balaban J connectivity index is 1.72. The highest BCUT2D eigenvalue weighted by Crippen LogP contribution is 2.21. The van der Waals surface area contributed by atoms with Crippen LogP contribution in [0.2, 0.25) is 0 Å². The van der Waals surface area contributed by atoms with E-state index in [1.54, 1.807) is 4.90 Å². The van der Waals surface area contributed by atoms with E-state index in [1.807, 2.05) is 42.5 Å². The van der Waals surface area contributed by atoms with Gasteiger partial charge in [0.2, 0.25) is 11.8 Å². The number of rotatable bonds is 5. The van der Waals surface area contributed by atoms with Gasteiger partial charge in [-0.3, -0.25) is 14.4 Å². The van der Waals surface area contributed by atoms with Crippen molar-refractivity contribution >= 4 is 17.8 Å². The molecular formula is C26H36N2O5. The van der Waals surface area contributed by atoms with E-state index >= 15 is 0 Å². The maximum Gasteiger partial charge on any atom is 0.305 e. The van der Waals surface area contributed by atoms with Gasteiger partial charge in [-0.25, -0.2) is 0 Å². The van der Waals surface area contributed by atoms with Gasteiger partial charge in [0.1, 0.15) is 6.61 Å². The van der Waals surface area contributed by atoms with Crippen molar-refractivity contribution in [3.8, 4) is 0 Å². The van der Waals surface area contributed by atoms with Gasteiger partial charge in [0.25, 0.3) is 0 Å². The quantitative estimate of drug-likeness (QED) is 0.525. The van der Waals surface area contributed by atoms with E-state index in [9.17, 15) is 19.5 Å². The van der Waals surface area contributed by atoms with Crippen LogP contribution in [0.15, 0.2) is 42.5 Å². The Kier molecular flexibility index (Phi) is 9.94. The molecule has 7 nitrogen and oxygen atoms in total. The molecule has 2 aliphatic rings. The fraction of sp³-hybridized carbons (Fsp3) is 0.577. The average molecular weight is 457 g/mol. The lowest BCUT2D eigenvalue weighted by atomic mass is 9.97. The summed E-state index contributed by atoms with van der Waals surface area (Å²) in [6.45, 7) is 0.683. The van der Waals surface area contributed by atoms with Gasteiger partial charge in [-0.05, 0) is 50.5 Å². The van der Waals surface area contributed by atoms with Crippen LogP contribution in [0, 0.1) is 5.92 Å². The minimum absolute atomic E-state index is 0.0486. The number of likely N-dealkylation sites (tertiary alicyclic amines) is 1. The number of benzene rings is 1. The number of allylic oxidation sites excluding steroid dienone is 2. The molecule has 7 heteroatoms. The highest BCUT2D eigenvalue weighted by molar-refractivity contribution is 5.86. The molecule has 1 aromatic rings. The summed E-state index contributed by atoms with van der Waals surface area (Å²) in [5.41, 5.74) is 1.04. The number of nitrogens with zero attached hydrogens (tertiary/aromatic N) is 1. The Hall–Kier alpha value is -2.67. The van der Waals surface area contributed by atoms with Crippen molar-refractivity contribution in [1.82, 2.24) is 10.2 Å². The van der Waals surface area contributed by atoms with Crippen LogP contribution < -0.4 is 5.32 Å². The summed E-state index contributed by atoms with van der Waals surface area (Å²) >= 11 is 0. The molecule has 0 spiro atoms. The third-order valence-electron chi connectivity index (χ3n) is 6.41. The van der Waals surface area contributed by atoms with E-state index in [2.05, 4.69) is 5.32 Å². The van der Waals surface area contributed by atoms with Crippen LogP contribution in [0.25, 0.3) is 0 Å². The summed E-state index contributed by atoms with van der Waals surface area (Å²) in [7, 11) is 0. The summed E-state index contributed by atoms with van der Waals surface area (Å²) in [5.74, 6) is -1.06. The largest absolute Gasteiger partial charge is 0.463 e. The lowest BCUT2D eigenvalue weighted by Gasteiger charge is -2.26. The van der Waals surface area contributed by atoms with Gasteiger partial charge < -0.3 is 20.1 Å². The number of aliphatic hydroxyl groups excluding tert-OH is 1. The first-order valence-electron chi connectivity index (χ1n) is 12.1. The number of aliphatic hydroxyl groups is 1. The fourth-order valence-corrected chi connectivity index (χ4v) is 4.51. The highest BCUT2D eigenvalue weighted by atomic mass is 16.5. The van der Waals surface area contributed by atoms with Crippen LogP contribution in [0.4, 0.5) is 0 Å². The normalized spacial score (nSPS) is 25.2. The maximum absolute atomic E-state index is 13.3. The van der Waals surface area contributed by atoms with E-state index < -0.39 is 5.92 Å². The van der Waals surface area contributed by atoms with Gasteiger partial charge >= 0.3 is 5.97 Å². The van der Waals surface area contributed by atoms with E-state index in [4.69, 9.17) is 4.74 Å². The molecule has 2 N–H and O–H groups in total. The Bertz CT molecular complexity index is 810. The standard InChI is InChI=1S/C26H36N2O5/c29-18-23-13-9-15-28(23)24(30)17-21-12-7-2-1-3-8-14-25(31)33-19-22(27-26(21)32)16-20-10-5-4-6-11-20/h2,4-7,10-11,21-23,29H,1,3,8-9,12-19H2,(H,27,32). The molecule has 1 fully saturated rings. The van der Waals surface area contributed by atoms with Crippen molar-refractivity contribution in [2.75, 3.05) is 19.8 Å². The van der Waals surface area contributed by atoms with Crippen molar-refractivity contribution in [2.45, 2.75) is 69.9 Å². The molecule has 2 heterocycles. The summed E-state index contributed by atoms with van der Waals surface area (Å²) in [4.78, 5) is 40.1. The van der Waals surface area contributed by atoms with Crippen LogP contribution in [-0.4, -0.2) is 59.6 Å². The number of amides is 2. The Labute approximate surface area is 196 Å². The SMILES string of the molecule is O=C1CCCCC=CCC(CC(=O)N2CCCC2CO)C(=O)NC(Cc2ccccc2)CO1. The van der Waals surface area contributed by atoms with Crippen LogP contribution in [-0.2, 0) is 25.5 Å². The van der Waals surface area contributed by atoms with E-state index in [0.29, 0.717) is 25.8 Å². The molecule has 0 saturated carbocycles. The molecule has 3 unspecified atom stereocenters. The second-order valence-electron chi connectivity index (χ2n) is 9.00. The zero-order valence-electron chi connectivity index (χ0n) is 19.3. The fourth-order valence-electron chi connectivity index (χ4n) is 4.51. The predicted octanol–water partition coefficient (Wildman–Crippen LogP) is 2.77. The number of esters is 1. The zero-order valence-corrected chi connectivity index (χ0v) is 19.3. The van der Waals surface area contributed by atoms with Gasteiger partial charge in [0.05, 0.1) is 24.6 Å². The molecular weight excluding hydrogens is 420 g/mol. The Morgan fingerprint density at radius 3 is 2.73 bits per heavy atom. The second-order valence-corrected chi connectivity index (χ2v) is 9.00. The van der Waals surface area contributed by atoms with E-state index in [1.165, 1.54) is 0 Å². The molecule has 33 heavy (non-hydrogen) atoms. The van der Waals surface area contributed by atoms with E-state index in [-0.39, 0.29) is 49.5 Å². The molecule has 2 aliphatic heterocycles. The van der Waals surface area contributed by atoms with Crippen molar-refractivity contribution in [3.63, 3.8) is 0 Å². The van der Waals surface area contributed by atoms with Crippen LogP contribution in [0.1, 0.15) is 56.9 Å². The number of carbonyl (C=O) groups excluding carboxylic acids is 3. The van der Waals surface area contributed by atoms with Crippen molar-refractivity contribution in [3.05, 3.63) is 48.0 Å². The molecule has 1 saturated heterocycles. The van der Waals surface area contributed by atoms with Gasteiger partial charge in [-0.1, -0.05) is 42.5 Å². The van der Waals surface area contributed by atoms with Crippen LogP contribution in [0.3, 0.4) is 0 Å². The molecule has 0 aliphatic carbocycles. The Morgan fingerprint density at radius 1 is 1.12 bits per heavy atom. The van der Waals surface area contributed by atoms with Gasteiger partial charge in [-0.2, -0.15) is 0 Å². The molecule has 2 amide bonds. The number of ether oxygens (including phenoxy) is 1. The molecule has 3 atom stereocenters. The second kappa shape index (κ2) is 13.1. The number of nitrogens with one attached hydrogen (secondary N) is 1. The zero-order chi connectivity index (χ0) is 23.5. The first-order chi connectivity index (χ1) is 16.1. The molecule has 180 valence electrons. The van der Waals surface area contributed by atoms with Crippen molar-refractivity contribution in [2.24, 2.45) is 5.92 Å². The third-order valence-corrected chi connectivity index (χ3v) is 6.41. The first-order valence-corrected chi connectivity index (χ1v) is 12.1. The average Bonchev–Trinajstić information content (AvgIpc) is 3.30. The van der Waals surface area contributed by atoms with Gasteiger partial charge in [0, 0.05) is 19.4 Å². The van der Waals surface area contributed by atoms with Gasteiger partial charge in [0.15, 0.2) is 0 Å². The summed E-state index contributed by atoms with van der Waals surface area (Å²) in [6.07, 6.45) is 9.62. The molecule has 0 aromatic heterocycles. The molecule has 0 bridgehead atoms. The number of hydrogen-bond donors (Lipinski definition) is 2. The third kappa shape index (κ3) is 8.00. The summed E-state index contributed by atoms with van der Waals surface area (Å²) in [6, 6.07) is 9.24. The molecule has 1 aromatic carbocycles. The number of cyclic esters (lactones) is 1. The summed E-state index contributed by atoms with van der Waals surface area (Å²) in [5, 5.41) is 12.6. The minimum atomic E-state index is -0.509. The van der Waals surface area contributed by atoms with Crippen LogP contribution in [0.5, 0.6) is 0 Å². The van der Waals surface area contributed by atoms with E-state index in [0.717, 1.165) is 37.7 Å². The molecule has 0 radical (unpaired) electrons. The Morgan fingerprint density at radius 2 is 1.94 bits per heavy atom. The smallest absolute Gasteiger partial charge is 0.305 e. The topological polar surface area (TPSA) is 95.9 Å². The lowest BCUT2D eigenvalue weighted by molar-refractivity contribution is -0.145. The predicted molar refractivity (Wildman–Crippen MR) is 125 cm³/mol. The minimum Gasteiger partial charge on any atom is -0.463 e. The van der Waals surface area contributed by atoms with Crippen LogP contribution >= 0.6 is 0 Å². The summed E-state index contributed by atoms with van der Waals surface area (Å²) < 4.78 is 5.47. The maximum atomic E-state index is 13.3. The highest BCUT2D eigenvalue weighted by Gasteiger charge is 2.31.